The zero-order chi connectivity index (χ0) is 23.0. The number of amides is 3. The fraction of sp³-hybridized carbons (Fsp3) is 0.375. The minimum Gasteiger partial charge on any atom is -0.493 e. The second kappa shape index (κ2) is 8.53. The summed E-state index contributed by atoms with van der Waals surface area (Å²) in [5.74, 6) is 0.339. The molecule has 0 spiro atoms. The van der Waals surface area contributed by atoms with E-state index < -0.39 is 6.17 Å². The van der Waals surface area contributed by atoms with Crippen LogP contribution >= 0.6 is 0 Å². The molecule has 1 unspecified atom stereocenters. The Morgan fingerprint density at radius 1 is 1.06 bits per heavy atom. The first-order valence-corrected chi connectivity index (χ1v) is 10.6. The van der Waals surface area contributed by atoms with Gasteiger partial charge in [-0.25, -0.2) is 0 Å². The van der Waals surface area contributed by atoms with Crippen molar-refractivity contribution in [1.29, 1.82) is 0 Å². The quantitative estimate of drug-likeness (QED) is 0.720. The summed E-state index contributed by atoms with van der Waals surface area (Å²) in [4.78, 5) is 42.7. The fourth-order valence-electron chi connectivity index (χ4n) is 4.30. The highest BCUT2D eigenvalue weighted by Crippen LogP contribution is 2.49. The molecule has 2 heterocycles. The van der Waals surface area contributed by atoms with E-state index in [2.05, 4.69) is 19.2 Å². The third kappa shape index (κ3) is 3.45. The molecular weight excluding hydrogens is 410 g/mol. The number of rotatable bonds is 7. The Labute approximate surface area is 187 Å². The van der Waals surface area contributed by atoms with Gasteiger partial charge in [0.2, 0.25) is 5.91 Å². The second-order valence-electron chi connectivity index (χ2n) is 8.30. The van der Waals surface area contributed by atoms with Gasteiger partial charge in [-0.05, 0) is 30.5 Å². The molecule has 2 aliphatic rings. The fourth-order valence-corrected chi connectivity index (χ4v) is 4.30. The van der Waals surface area contributed by atoms with Gasteiger partial charge in [0.05, 0.1) is 31.0 Å². The topological polar surface area (TPSA) is 88.2 Å². The van der Waals surface area contributed by atoms with E-state index >= 15 is 0 Å². The van der Waals surface area contributed by atoms with Gasteiger partial charge < -0.3 is 19.7 Å². The molecule has 2 aromatic rings. The molecule has 168 valence electrons. The summed E-state index contributed by atoms with van der Waals surface area (Å²) in [7, 11) is 2.98. The molecule has 2 aliphatic heterocycles. The van der Waals surface area contributed by atoms with Crippen LogP contribution < -0.4 is 19.7 Å². The summed E-state index contributed by atoms with van der Waals surface area (Å²) in [6, 6.07) is 10.4. The highest BCUT2D eigenvalue weighted by atomic mass is 16.5. The van der Waals surface area contributed by atoms with Crippen molar-refractivity contribution in [2.75, 3.05) is 32.2 Å². The van der Waals surface area contributed by atoms with Crippen LogP contribution in [0, 0.1) is 5.92 Å². The van der Waals surface area contributed by atoms with Gasteiger partial charge in [-0.2, -0.15) is 0 Å². The van der Waals surface area contributed by atoms with E-state index in [1.165, 1.54) is 19.1 Å². The molecule has 0 aromatic heterocycles. The number of hydrogen-bond acceptors (Lipinski definition) is 5. The number of ether oxygens (including phenoxy) is 2. The van der Waals surface area contributed by atoms with Crippen LogP contribution in [0.1, 0.15) is 52.7 Å². The van der Waals surface area contributed by atoms with Crippen LogP contribution in [0.4, 0.5) is 5.69 Å². The second-order valence-corrected chi connectivity index (χ2v) is 8.30. The van der Waals surface area contributed by atoms with Crippen molar-refractivity contribution in [3.63, 3.8) is 0 Å². The molecule has 4 rings (SSSR count). The van der Waals surface area contributed by atoms with Gasteiger partial charge in [-0.1, -0.05) is 32.0 Å². The van der Waals surface area contributed by atoms with Crippen molar-refractivity contribution in [3.8, 4) is 11.5 Å². The number of anilines is 1. The molecule has 1 N–H and O–H groups in total. The maximum Gasteiger partial charge on any atom is 0.264 e. The largest absolute Gasteiger partial charge is 0.493 e. The summed E-state index contributed by atoms with van der Waals surface area (Å²) in [6.07, 6.45) is 0.103. The van der Waals surface area contributed by atoms with E-state index in [4.69, 9.17) is 9.47 Å². The Kier molecular flexibility index (Phi) is 5.78. The maximum atomic E-state index is 13.6. The van der Waals surface area contributed by atoms with Crippen molar-refractivity contribution in [1.82, 2.24) is 10.2 Å². The molecule has 0 radical (unpaired) electrons. The highest BCUT2D eigenvalue weighted by molar-refractivity contribution is 6.18. The van der Waals surface area contributed by atoms with Gasteiger partial charge in [-0.3, -0.25) is 19.3 Å². The molecule has 1 atom stereocenters. The van der Waals surface area contributed by atoms with Gasteiger partial charge >= 0.3 is 0 Å². The predicted molar refractivity (Wildman–Crippen MR) is 119 cm³/mol. The third-order valence-electron chi connectivity index (χ3n) is 5.84. The van der Waals surface area contributed by atoms with Crippen molar-refractivity contribution in [3.05, 3.63) is 53.1 Å². The summed E-state index contributed by atoms with van der Waals surface area (Å²) in [5, 5.41) is 2.88. The van der Waals surface area contributed by atoms with Crippen molar-refractivity contribution >= 4 is 23.4 Å². The third-order valence-corrected chi connectivity index (χ3v) is 5.84. The number of carbonyl (C=O) groups excluding carboxylic acids is 3. The van der Waals surface area contributed by atoms with E-state index in [1.54, 1.807) is 41.3 Å². The molecule has 0 saturated carbocycles. The van der Waals surface area contributed by atoms with Crippen LogP contribution in [0.2, 0.25) is 0 Å². The molecule has 3 amide bonds. The lowest BCUT2D eigenvalue weighted by atomic mass is 10.0. The lowest BCUT2D eigenvalue weighted by Crippen LogP contribution is -2.51. The summed E-state index contributed by atoms with van der Waals surface area (Å²) in [5.41, 5.74) is 1.84. The van der Waals surface area contributed by atoms with Crippen LogP contribution in [0.15, 0.2) is 36.4 Å². The highest BCUT2D eigenvalue weighted by Gasteiger charge is 2.50. The first-order chi connectivity index (χ1) is 15.4. The van der Waals surface area contributed by atoms with Crippen LogP contribution in [0.5, 0.6) is 11.5 Å². The molecule has 2 aromatic carbocycles. The lowest BCUT2D eigenvalue weighted by Gasteiger charge is -2.40. The van der Waals surface area contributed by atoms with Crippen molar-refractivity contribution in [2.45, 2.75) is 26.4 Å². The molecule has 8 heteroatoms. The maximum absolute atomic E-state index is 13.6. The minimum atomic E-state index is -0.740. The monoisotopic (exact) mass is 437 g/mol. The smallest absolute Gasteiger partial charge is 0.264 e. The van der Waals surface area contributed by atoms with E-state index in [9.17, 15) is 14.4 Å². The summed E-state index contributed by atoms with van der Waals surface area (Å²) < 4.78 is 10.9. The summed E-state index contributed by atoms with van der Waals surface area (Å²) in [6.45, 7) is 4.53. The number of hydrogen-bond donors (Lipinski definition) is 1. The predicted octanol–water partition coefficient (Wildman–Crippen LogP) is 2.98. The molecular formula is C24H27N3O5. The summed E-state index contributed by atoms with van der Waals surface area (Å²) >= 11 is 0. The zero-order valence-corrected chi connectivity index (χ0v) is 18.7. The molecule has 32 heavy (non-hydrogen) atoms. The SMILES string of the molecule is COc1ccc2c(c1OC)C(=O)N1c3ccccc3C(=O)N(CC(=O)NCCC(C)C)C21. The first kappa shape index (κ1) is 21.7. The van der Waals surface area contributed by atoms with E-state index in [0.29, 0.717) is 46.3 Å². The molecule has 0 fully saturated rings. The van der Waals surface area contributed by atoms with Crippen LogP contribution in [0.3, 0.4) is 0 Å². The number of nitrogens with zero attached hydrogens (tertiary/aromatic N) is 2. The molecule has 0 aliphatic carbocycles. The molecule has 0 bridgehead atoms. The Bertz CT molecular complexity index is 1080. The normalized spacial score (nSPS) is 16.6. The zero-order valence-electron chi connectivity index (χ0n) is 18.7. The van der Waals surface area contributed by atoms with Gasteiger partial charge in [0.15, 0.2) is 11.5 Å². The van der Waals surface area contributed by atoms with E-state index in [0.717, 1.165) is 6.42 Å². The van der Waals surface area contributed by atoms with Gasteiger partial charge in [0.25, 0.3) is 11.8 Å². The number of para-hydroxylation sites is 1. The van der Waals surface area contributed by atoms with Gasteiger partial charge in [-0.15, -0.1) is 0 Å². The van der Waals surface area contributed by atoms with Gasteiger partial charge in [0, 0.05) is 12.1 Å². The van der Waals surface area contributed by atoms with Crippen LogP contribution in [-0.4, -0.2) is 49.9 Å². The Morgan fingerprint density at radius 3 is 2.50 bits per heavy atom. The Morgan fingerprint density at radius 2 is 1.81 bits per heavy atom. The average molecular weight is 437 g/mol. The minimum absolute atomic E-state index is 0.159. The number of benzene rings is 2. The van der Waals surface area contributed by atoms with E-state index in [-0.39, 0.29) is 24.3 Å². The van der Waals surface area contributed by atoms with E-state index in [1.807, 2.05) is 0 Å². The molecule has 8 nitrogen and oxygen atoms in total. The van der Waals surface area contributed by atoms with Gasteiger partial charge in [0.1, 0.15) is 12.7 Å². The van der Waals surface area contributed by atoms with Crippen molar-refractivity contribution < 1.29 is 23.9 Å². The Balaban J connectivity index is 1.77. The number of methoxy groups -OCH3 is 2. The van der Waals surface area contributed by atoms with Crippen LogP contribution in [0.25, 0.3) is 0 Å². The average Bonchev–Trinajstić information content (AvgIpc) is 3.08. The first-order valence-electron chi connectivity index (χ1n) is 10.6. The standard InChI is InChI=1S/C24H27N3O5/c1-14(2)11-12-25-19(28)13-26-22-16-9-10-18(31-3)21(32-4)20(16)24(30)27(22)17-8-6-5-7-15(17)23(26)29/h5-10,14,22H,11-13H2,1-4H3,(H,25,28). The number of fused-ring (bicyclic) bond motifs is 5. The van der Waals surface area contributed by atoms with Crippen LogP contribution in [-0.2, 0) is 4.79 Å². The van der Waals surface area contributed by atoms with Crippen molar-refractivity contribution in [2.24, 2.45) is 5.92 Å². The number of nitrogens with one attached hydrogen (secondary N) is 1. The lowest BCUT2D eigenvalue weighted by molar-refractivity contribution is -0.122. The molecule has 0 saturated heterocycles. The Hall–Kier alpha value is -3.55. The number of carbonyl (C=O) groups is 3.